The van der Waals surface area contributed by atoms with Gasteiger partial charge in [-0.1, -0.05) is 0 Å². The number of nitrogens with zero attached hydrogens (tertiary/aromatic N) is 3. The van der Waals surface area contributed by atoms with E-state index in [2.05, 4.69) is 39.9 Å². The van der Waals surface area contributed by atoms with Crippen LogP contribution in [0.25, 0.3) is 0 Å². The first-order chi connectivity index (χ1) is 9.11. The molecule has 3 atom stereocenters. The molecule has 0 aromatic carbocycles. The average Bonchev–Trinajstić information content (AvgIpc) is 2.84. The maximum absolute atomic E-state index is 10.8. The molecular weight excluding hydrogens is 306 g/mol. The predicted octanol–water partition coefficient (Wildman–Crippen LogP) is 2.57. The normalized spacial score (nSPS) is 32.7. The highest BCUT2D eigenvalue weighted by Crippen LogP contribution is 2.43. The Labute approximate surface area is 122 Å². The first-order valence-electron chi connectivity index (χ1n) is 7.23. The minimum absolute atomic E-state index is 0.368. The summed E-state index contributed by atoms with van der Waals surface area (Å²) in [5.74, 6) is 0.368. The zero-order chi connectivity index (χ0) is 13.6. The number of fused-ring (bicyclic) bond motifs is 2. The van der Waals surface area contributed by atoms with Gasteiger partial charge in [0.05, 0.1) is 22.5 Å². The molecular formula is C14H22BrN3O. The molecule has 19 heavy (non-hydrogen) atoms. The molecule has 1 aromatic heterocycles. The summed E-state index contributed by atoms with van der Waals surface area (Å²) in [4.78, 5) is 2.51. The fourth-order valence-electron chi connectivity index (χ4n) is 3.85. The summed E-state index contributed by atoms with van der Waals surface area (Å²) in [5, 5.41) is 15.1. The number of piperidine rings is 1. The molecule has 0 spiro atoms. The Morgan fingerprint density at radius 2 is 2.05 bits per heavy atom. The second kappa shape index (κ2) is 5.19. The molecule has 3 heterocycles. The minimum Gasteiger partial charge on any atom is -0.386 e. The van der Waals surface area contributed by atoms with E-state index < -0.39 is 6.10 Å². The first kappa shape index (κ1) is 13.6. The second-order valence-electron chi connectivity index (χ2n) is 5.92. The van der Waals surface area contributed by atoms with Crippen molar-refractivity contribution in [2.24, 2.45) is 5.92 Å². The molecule has 1 aromatic rings. The van der Waals surface area contributed by atoms with E-state index >= 15 is 0 Å². The van der Waals surface area contributed by atoms with Crippen molar-refractivity contribution in [3.8, 4) is 0 Å². The lowest BCUT2D eigenvalue weighted by Crippen LogP contribution is -2.41. The molecule has 2 fully saturated rings. The topological polar surface area (TPSA) is 41.3 Å². The molecule has 0 amide bonds. The van der Waals surface area contributed by atoms with Crippen molar-refractivity contribution < 1.29 is 5.11 Å². The summed E-state index contributed by atoms with van der Waals surface area (Å²) in [6.07, 6.45) is 6.20. The first-order valence-corrected chi connectivity index (χ1v) is 8.02. The van der Waals surface area contributed by atoms with E-state index in [1.807, 2.05) is 4.68 Å². The van der Waals surface area contributed by atoms with E-state index in [1.54, 1.807) is 6.20 Å². The zero-order valence-corrected chi connectivity index (χ0v) is 13.2. The smallest absolute Gasteiger partial charge is 0.0997 e. The van der Waals surface area contributed by atoms with Gasteiger partial charge in [0.1, 0.15) is 0 Å². The number of aliphatic hydroxyl groups is 1. The van der Waals surface area contributed by atoms with E-state index in [0.29, 0.717) is 18.0 Å². The van der Waals surface area contributed by atoms with E-state index in [-0.39, 0.29) is 0 Å². The summed E-state index contributed by atoms with van der Waals surface area (Å²) in [6.45, 7) is 2.87. The lowest BCUT2D eigenvalue weighted by molar-refractivity contribution is 0.0303. The van der Waals surface area contributed by atoms with E-state index in [9.17, 15) is 5.11 Å². The highest BCUT2D eigenvalue weighted by atomic mass is 79.9. The van der Waals surface area contributed by atoms with Crippen LogP contribution in [0.15, 0.2) is 10.7 Å². The van der Waals surface area contributed by atoms with Crippen LogP contribution in [-0.4, -0.2) is 38.9 Å². The van der Waals surface area contributed by atoms with Crippen LogP contribution >= 0.6 is 15.9 Å². The number of rotatable bonds is 3. The monoisotopic (exact) mass is 327 g/mol. The summed E-state index contributed by atoms with van der Waals surface area (Å²) in [6, 6.07) is 1.32. The lowest BCUT2D eigenvalue weighted by atomic mass is 9.85. The van der Waals surface area contributed by atoms with Gasteiger partial charge in [-0.15, -0.1) is 0 Å². The summed E-state index contributed by atoms with van der Waals surface area (Å²) >= 11 is 3.53. The van der Waals surface area contributed by atoms with Gasteiger partial charge in [-0.3, -0.25) is 4.68 Å². The molecule has 2 bridgehead atoms. The van der Waals surface area contributed by atoms with Gasteiger partial charge >= 0.3 is 0 Å². The van der Waals surface area contributed by atoms with E-state index in [1.165, 1.54) is 12.8 Å². The van der Waals surface area contributed by atoms with Gasteiger partial charge in [-0.05, 0) is 61.5 Å². The summed E-state index contributed by atoms with van der Waals surface area (Å²) in [5.41, 5.74) is 0.955. The van der Waals surface area contributed by atoms with Gasteiger partial charge in [-0.25, -0.2) is 0 Å². The van der Waals surface area contributed by atoms with E-state index in [4.69, 9.17) is 0 Å². The Balaban J connectivity index is 1.81. The number of aromatic nitrogens is 2. The minimum atomic E-state index is -0.395. The van der Waals surface area contributed by atoms with Crippen LogP contribution < -0.4 is 0 Å². The van der Waals surface area contributed by atoms with Crippen LogP contribution in [0.3, 0.4) is 0 Å². The van der Waals surface area contributed by atoms with Crippen LogP contribution in [-0.2, 0) is 6.54 Å². The fourth-order valence-corrected chi connectivity index (χ4v) is 4.38. The molecule has 2 saturated heterocycles. The highest BCUT2D eigenvalue weighted by Gasteiger charge is 2.41. The zero-order valence-electron chi connectivity index (χ0n) is 11.6. The molecule has 5 heteroatoms. The Morgan fingerprint density at radius 3 is 2.63 bits per heavy atom. The highest BCUT2D eigenvalue weighted by molar-refractivity contribution is 9.10. The van der Waals surface area contributed by atoms with Crippen LogP contribution in [0.1, 0.15) is 44.4 Å². The molecule has 0 radical (unpaired) electrons. The largest absolute Gasteiger partial charge is 0.386 e. The van der Waals surface area contributed by atoms with Gasteiger partial charge in [0.25, 0.3) is 0 Å². The van der Waals surface area contributed by atoms with Crippen LogP contribution in [0.2, 0.25) is 0 Å². The number of hydrogen-bond donors (Lipinski definition) is 1. The molecule has 0 saturated carbocycles. The Hall–Kier alpha value is -0.390. The maximum Gasteiger partial charge on any atom is 0.0997 e. The van der Waals surface area contributed by atoms with Crippen molar-refractivity contribution in [1.82, 2.24) is 14.7 Å². The lowest BCUT2D eigenvalue weighted by Gasteiger charge is -2.38. The van der Waals surface area contributed by atoms with Gasteiger partial charge < -0.3 is 10.0 Å². The van der Waals surface area contributed by atoms with Crippen molar-refractivity contribution in [3.63, 3.8) is 0 Å². The molecule has 106 valence electrons. The molecule has 2 aliphatic rings. The SMILES string of the molecule is CCn1ncc(Br)c1C(O)C1CC2CCC(C1)N2C. The number of aliphatic hydroxyl groups excluding tert-OH is 1. The Bertz CT molecular complexity index is 448. The Morgan fingerprint density at radius 1 is 1.42 bits per heavy atom. The Kier molecular flexibility index (Phi) is 3.71. The molecule has 3 unspecified atom stereocenters. The predicted molar refractivity (Wildman–Crippen MR) is 77.9 cm³/mol. The van der Waals surface area contributed by atoms with Crippen molar-refractivity contribution >= 4 is 15.9 Å². The standard InChI is InChI=1S/C14H22BrN3O/c1-3-18-13(12(15)8-16-18)14(19)9-6-10-4-5-11(7-9)17(10)2/h8-11,14,19H,3-7H2,1-2H3. The third kappa shape index (κ3) is 2.26. The maximum atomic E-state index is 10.8. The molecule has 4 nitrogen and oxygen atoms in total. The van der Waals surface area contributed by atoms with Gasteiger partial charge in [0, 0.05) is 18.6 Å². The van der Waals surface area contributed by atoms with Crippen molar-refractivity contribution in [3.05, 3.63) is 16.4 Å². The van der Waals surface area contributed by atoms with Crippen LogP contribution in [0.4, 0.5) is 0 Å². The third-order valence-electron chi connectivity index (χ3n) is 4.99. The van der Waals surface area contributed by atoms with Crippen LogP contribution in [0.5, 0.6) is 0 Å². The van der Waals surface area contributed by atoms with Crippen molar-refractivity contribution in [2.75, 3.05) is 7.05 Å². The molecule has 3 rings (SSSR count). The molecule has 0 aliphatic carbocycles. The third-order valence-corrected chi connectivity index (χ3v) is 5.61. The number of aryl methyl sites for hydroxylation is 1. The number of halogens is 1. The quantitative estimate of drug-likeness (QED) is 0.927. The number of hydrogen-bond acceptors (Lipinski definition) is 3. The van der Waals surface area contributed by atoms with Crippen molar-refractivity contribution in [1.29, 1.82) is 0 Å². The molecule has 1 N–H and O–H groups in total. The van der Waals surface area contributed by atoms with Gasteiger partial charge in [0.2, 0.25) is 0 Å². The van der Waals surface area contributed by atoms with Crippen molar-refractivity contribution in [2.45, 2.75) is 57.3 Å². The van der Waals surface area contributed by atoms with E-state index in [0.717, 1.165) is 29.6 Å². The van der Waals surface area contributed by atoms with Gasteiger partial charge in [0.15, 0.2) is 0 Å². The van der Waals surface area contributed by atoms with Gasteiger partial charge in [-0.2, -0.15) is 5.10 Å². The summed E-state index contributed by atoms with van der Waals surface area (Å²) < 4.78 is 2.85. The summed E-state index contributed by atoms with van der Waals surface area (Å²) in [7, 11) is 2.23. The van der Waals surface area contributed by atoms with Crippen LogP contribution in [0, 0.1) is 5.92 Å². The average molecular weight is 328 g/mol. The second-order valence-corrected chi connectivity index (χ2v) is 6.77. The molecule has 2 aliphatic heterocycles. The fraction of sp³-hybridized carbons (Fsp3) is 0.786.